The summed E-state index contributed by atoms with van der Waals surface area (Å²) < 4.78 is 5.82. The van der Waals surface area contributed by atoms with Crippen molar-refractivity contribution in [1.29, 1.82) is 0 Å². The number of aromatic nitrogens is 1. The Balaban J connectivity index is 1.64. The Bertz CT molecular complexity index is 703. The zero-order valence-electron chi connectivity index (χ0n) is 14.4. The molecule has 5 nitrogen and oxygen atoms in total. The number of ether oxygens (including phenoxy) is 1. The molecule has 25 heavy (non-hydrogen) atoms. The summed E-state index contributed by atoms with van der Waals surface area (Å²) in [6, 6.07) is 11.6. The van der Waals surface area contributed by atoms with Crippen LogP contribution in [0.4, 0.5) is 0 Å². The average molecular weight is 340 g/mol. The summed E-state index contributed by atoms with van der Waals surface area (Å²) in [4.78, 5) is 18.6. The third kappa shape index (κ3) is 4.57. The molecule has 1 aliphatic rings. The van der Waals surface area contributed by atoms with Gasteiger partial charge in [0.2, 0.25) is 0 Å². The Morgan fingerprint density at radius 3 is 2.76 bits per heavy atom. The fraction of sp³-hybridized carbons (Fsp3) is 0.400. The predicted molar refractivity (Wildman–Crippen MR) is 95.3 cm³/mol. The van der Waals surface area contributed by atoms with E-state index in [4.69, 9.17) is 4.74 Å². The van der Waals surface area contributed by atoms with E-state index in [9.17, 15) is 9.90 Å². The van der Waals surface area contributed by atoms with E-state index in [2.05, 4.69) is 4.98 Å². The van der Waals surface area contributed by atoms with Crippen molar-refractivity contribution in [3.05, 3.63) is 59.4 Å². The lowest BCUT2D eigenvalue weighted by Gasteiger charge is -2.23. The molecule has 1 heterocycles. The van der Waals surface area contributed by atoms with Crippen molar-refractivity contribution in [3.8, 4) is 5.75 Å². The number of pyridine rings is 1. The maximum Gasteiger partial charge on any atom is 0.260 e. The van der Waals surface area contributed by atoms with Crippen LogP contribution in [-0.4, -0.2) is 40.7 Å². The summed E-state index contributed by atoms with van der Waals surface area (Å²) in [6.45, 7) is 0.677. The molecule has 1 amide bonds. The molecule has 0 radical (unpaired) electrons. The van der Waals surface area contributed by atoms with E-state index >= 15 is 0 Å². The first-order valence-corrected chi connectivity index (χ1v) is 8.80. The number of benzene rings is 1. The Labute approximate surface area is 148 Å². The van der Waals surface area contributed by atoms with E-state index in [-0.39, 0.29) is 19.1 Å². The second-order valence-electron chi connectivity index (χ2n) is 6.25. The molecule has 1 aromatic heterocycles. The third-order valence-electron chi connectivity index (χ3n) is 4.48. The molecule has 0 bridgehead atoms. The molecule has 0 aliphatic heterocycles. The van der Waals surface area contributed by atoms with Crippen LogP contribution in [0.25, 0.3) is 0 Å². The standard InChI is InChI=1S/C20H24N2O3/c23-13-12-22(14-16-6-2-1-3-7-16)20(24)15-25-19-10-11-21-18-9-5-4-8-17(18)19/h1-3,6-7,10-11,23H,4-5,8-9,12-15H2. The largest absolute Gasteiger partial charge is 0.483 e. The first-order chi connectivity index (χ1) is 12.3. The molecule has 3 rings (SSSR count). The Morgan fingerprint density at radius 2 is 1.96 bits per heavy atom. The zero-order chi connectivity index (χ0) is 17.5. The van der Waals surface area contributed by atoms with Crippen LogP contribution in [-0.2, 0) is 24.2 Å². The molecule has 0 saturated carbocycles. The highest BCUT2D eigenvalue weighted by Crippen LogP contribution is 2.27. The Kier molecular flexibility index (Phi) is 6.01. The summed E-state index contributed by atoms with van der Waals surface area (Å²) in [5.74, 6) is 0.640. The number of hydrogen-bond donors (Lipinski definition) is 1. The minimum Gasteiger partial charge on any atom is -0.483 e. The van der Waals surface area contributed by atoms with Gasteiger partial charge in [0, 0.05) is 30.5 Å². The van der Waals surface area contributed by atoms with Crippen LogP contribution >= 0.6 is 0 Å². The Morgan fingerprint density at radius 1 is 1.16 bits per heavy atom. The number of nitrogens with zero attached hydrogens (tertiary/aromatic N) is 2. The highest BCUT2D eigenvalue weighted by molar-refractivity contribution is 5.77. The van der Waals surface area contributed by atoms with Crippen LogP contribution < -0.4 is 4.74 Å². The van der Waals surface area contributed by atoms with Gasteiger partial charge in [-0.25, -0.2) is 0 Å². The van der Waals surface area contributed by atoms with Crippen LogP contribution in [0.15, 0.2) is 42.6 Å². The highest BCUT2D eigenvalue weighted by Gasteiger charge is 2.18. The van der Waals surface area contributed by atoms with Crippen molar-refractivity contribution in [2.45, 2.75) is 32.2 Å². The van der Waals surface area contributed by atoms with Crippen LogP contribution in [0.1, 0.15) is 29.7 Å². The molecule has 0 saturated heterocycles. The summed E-state index contributed by atoms with van der Waals surface area (Å²) in [5, 5.41) is 9.26. The number of hydrogen-bond acceptors (Lipinski definition) is 4. The number of aliphatic hydroxyl groups excluding tert-OH is 1. The van der Waals surface area contributed by atoms with Gasteiger partial charge in [0.05, 0.1) is 6.61 Å². The first-order valence-electron chi connectivity index (χ1n) is 8.80. The fourth-order valence-electron chi connectivity index (χ4n) is 3.18. The number of aliphatic hydroxyl groups is 1. The van der Waals surface area contributed by atoms with Crippen molar-refractivity contribution in [3.63, 3.8) is 0 Å². The van der Waals surface area contributed by atoms with E-state index in [1.54, 1.807) is 11.1 Å². The average Bonchev–Trinajstić information content (AvgIpc) is 2.66. The molecular formula is C20H24N2O3. The van der Waals surface area contributed by atoms with Gasteiger partial charge in [-0.2, -0.15) is 0 Å². The first kappa shape index (κ1) is 17.4. The van der Waals surface area contributed by atoms with Crippen molar-refractivity contribution in [1.82, 2.24) is 9.88 Å². The quantitative estimate of drug-likeness (QED) is 0.840. The fourth-order valence-corrected chi connectivity index (χ4v) is 3.18. The maximum atomic E-state index is 12.6. The molecule has 0 atom stereocenters. The van der Waals surface area contributed by atoms with Crippen LogP contribution in [0.5, 0.6) is 5.75 Å². The molecule has 0 fully saturated rings. The zero-order valence-corrected chi connectivity index (χ0v) is 14.4. The number of fused-ring (bicyclic) bond motifs is 1. The van der Waals surface area contributed by atoms with Gasteiger partial charge in [-0.3, -0.25) is 9.78 Å². The van der Waals surface area contributed by atoms with Crippen molar-refractivity contribution in [2.75, 3.05) is 19.8 Å². The smallest absolute Gasteiger partial charge is 0.260 e. The van der Waals surface area contributed by atoms with Crippen LogP contribution in [0.2, 0.25) is 0 Å². The topological polar surface area (TPSA) is 62.7 Å². The van der Waals surface area contributed by atoms with E-state index < -0.39 is 0 Å². The molecule has 1 aromatic carbocycles. The second kappa shape index (κ2) is 8.62. The van der Waals surface area contributed by atoms with E-state index in [0.29, 0.717) is 13.1 Å². The molecule has 5 heteroatoms. The SMILES string of the molecule is O=C(COc1ccnc2c1CCCC2)N(CCO)Cc1ccccc1. The lowest BCUT2D eigenvalue weighted by Crippen LogP contribution is -2.36. The van der Waals surface area contributed by atoms with E-state index in [0.717, 1.165) is 48.3 Å². The summed E-state index contributed by atoms with van der Waals surface area (Å²) in [5.41, 5.74) is 3.26. The molecular weight excluding hydrogens is 316 g/mol. The minimum absolute atomic E-state index is 0.0245. The van der Waals surface area contributed by atoms with Gasteiger partial charge in [0.1, 0.15) is 5.75 Å². The monoisotopic (exact) mass is 340 g/mol. The van der Waals surface area contributed by atoms with Gasteiger partial charge in [-0.1, -0.05) is 30.3 Å². The van der Waals surface area contributed by atoms with Gasteiger partial charge < -0.3 is 14.7 Å². The predicted octanol–water partition coefficient (Wildman–Crippen LogP) is 2.36. The van der Waals surface area contributed by atoms with Gasteiger partial charge >= 0.3 is 0 Å². The summed E-state index contributed by atoms with van der Waals surface area (Å²) in [6.07, 6.45) is 5.97. The number of rotatable bonds is 7. The van der Waals surface area contributed by atoms with Gasteiger partial charge in [0.15, 0.2) is 6.61 Å². The number of aryl methyl sites for hydroxylation is 1. The van der Waals surface area contributed by atoms with E-state index in [1.807, 2.05) is 36.4 Å². The molecule has 0 spiro atoms. The van der Waals surface area contributed by atoms with Crippen LogP contribution in [0.3, 0.4) is 0 Å². The van der Waals surface area contributed by atoms with Crippen molar-refractivity contribution in [2.24, 2.45) is 0 Å². The number of carbonyl (C=O) groups excluding carboxylic acids is 1. The van der Waals surface area contributed by atoms with Gasteiger partial charge in [0.25, 0.3) is 5.91 Å². The molecule has 132 valence electrons. The third-order valence-corrected chi connectivity index (χ3v) is 4.48. The maximum absolute atomic E-state index is 12.6. The van der Waals surface area contributed by atoms with Crippen LogP contribution in [0, 0.1) is 0 Å². The van der Waals surface area contributed by atoms with Gasteiger partial charge in [-0.05, 0) is 37.3 Å². The summed E-state index contributed by atoms with van der Waals surface area (Å²) >= 11 is 0. The van der Waals surface area contributed by atoms with Gasteiger partial charge in [-0.15, -0.1) is 0 Å². The highest BCUT2D eigenvalue weighted by atomic mass is 16.5. The normalized spacial score (nSPS) is 13.2. The lowest BCUT2D eigenvalue weighted by atomic mass is 9.95. The minimum atomic E-state index is -0.126. The van der Waals surface area contributed by atoms with E-state index in [1.165, 1.54) is 0 Å². The van der Waals surface area contributed by atoms with Crippen molar-refractivity contribution < 1.29 is 14.6 Å². The molecule has 0 unspecified atom stereocenters. The number of carbonyl (C=O) groups is 1. The summed E-state index contributed by atoms with van der Waals surface area (Å²) in [7, 11) is 0. The van der Waals surface area contributed by atoms with Crippen molar-refractivity contribution >= 4 is 5.91 Å². The Hall–Kier alpha value is -2.40. The molecule has 1 aliphatic carbocycles. The molecule has 2 aromatic rings. The second-order valence-corrected chi connectivity index (χ2v) is 6.25. The lowest BCUT2D eigenvalue weighted by molar-refractivity contribution is -0.134. The molecule has 1 N–H and O–H groups in total. The number of amides is 1.